The molecule has 0 aromatic heterocycles. The van der Waals surface area contributed by atoms with Crippen molar-refractivity contribution in [2.24, 2.45) is 0 Å². The molecule has 0 fully saturated rings. The molecule has 2 aromatic rings. The van der Waals surface area contributed by atoms with Crippen LogP contribution in [0.15, 0.2) is 64.4 Å². The zero-order valence-corrected chi connectivity index (χ0v) is 19.3. The Bertz CT molecular complexity index is 911. The minimum atomic E-state index is -3.71. The summed E-state index contributed by atoms with van der Waals surface area (Å²) in [6.07, 6.45) is 2.68. The van der Waals surface area contributed by atoms with Crippen molar-refractivity contribution in [3.05, 3.63) is 60.2 Å². The van der Waals surface area contributed by atoms with Crippen LogP contribution in [0.5, 0.6) is 0 Å². The second kappa shape index (κ2) is 9.78. The summed E-state index contributed by atoms with van der Waals surface area (Å²) >= 11 is 1.54. The smallest absolute Gasteiger partial charge is 0.243 e. The van der Waals surface area contributed by atoms with E-state index in [-0.39, 0.29) is 28.8 Å². The van der Waals surface area contributed by atoms with Crippen molar-refractivity contribution in [2.45, 2.75) is 48.4 Å². The molecule has 0 saturated carbocycles. The predicted molar refractivity (Wildman–Crippen MR) is 120 cm³/mol. The second-order valence-corrected chi connectivity index (χ2v) is 10.8. The number of carbonyl (C=O) groups excluding carboxylic acids is 1. The topological polar surface area (TPSA) is 66.5 Å². The van der Waals surface area contributed by atoms with Gasteiger partial charge in [-0.3, -0.25) is 4.79 Å². The Kier molecular flexibility index (Phi) is 7.91. The lowest BCUT2D eigenvalue weighted by atomic mass is 9.79. The standard InChI is InChI=1S/C22H30N2O3S2/c1-17(15-22(2,3)18-9-7-6-8-10-18)23-21(25)16-24(4)29(26,27)20-13-11-19(28-5)12-14-20/h6-14,17H,15-16H2,1-5H3,(H,23,25). The Morgan fingerprint density at radius 1 is 1.10 bits per heavy atom. The molecule has 1 amide bonds. The monoisotopic (exact) mass is 434 g/mol. The fraction of sp³-hybridized carbons (Fsp3) is 0.409. The average molecular weight is 435 g/mol. The fourth-order valence-electron chi connectivity index (χ4n) is 3.36. The number of hydrogen-bond acceptors (Lipinski definition) is 4. The van der Waals surface area contributed by atoms with Crippen molar-refractivity contribution in [1.82, 2.24) is 9.62 Å². The number of carbonyl (C=O) groups is 1. The van der Waals surface area contributed by atoms with E-state index in [4.69, 9.17) is 0 Å². The molecular formula is C22H30N2O3S2. The summed E-state index contributed by atoms with van der Waals surface area (Å²) in [6, 6.07) is 16.7. The van der Waals surface area contributed by atoms with E-state index in [0.717, 1.165) is 15.6 Å². The van der Waals surface area contributed by atoms with E-state index in [1.165, 1.54) is 12.6 Å². The molecule has 158 valence electrons. The highest BCUT2D eigenvalue weighted by Crippen LogP contribution is 2.28. The van der Waals surface area contributed by atoms with Gasteiger partial charge in [0.15, 0.2) is 0 Å². The Morgan fingerprint density at radius 3 is 2.24 bits per heavy atom. The Labute approximate surface area is 178 Å². The van der Waals surface area contributed by atoms with Gasteiger partial charge in [0.05, 0.1) is 11.4 Å². The molecule has 5 nitrogen and oxygen atoms in total. The molecule has 2 aromatic carbocycles. The van der Waals surface area contributed by atoms with E-state index in [1.54, 1.807) is 36.0 Å². The number of nitrogens with one attached hydrogen (secondary N) is 1. The molecule has 1 atom stereocenters. The maximum Gasteiger partial charge on any atom is 0.243 e. The normalized spacial score (nSPS) is 13.3. The van der Waals surface area contributed by atoms with E-state index in [1.807, 2.05) is 31.4 Å². The summed E-state index contributed by atoms with van der Waals surface area (Å²) in [6.45, 7) is 6.00. The largest absolute Gasteiger partial charge is 0.352 e. The van der Waals surface area contributed by atoms with Crippen LogP contribution in [0.4, 0.5) is 0 Å². The summed E-state index contributed by atoms with van der Waals surface area (Å²) in [5.41, 5.74) is 1.10. The molecule has 0 radical (unpaired) electrons. The number of nitrogens with zero attached hydrogens (tertiary/aromatic N) is 1. The van der Waals surface area contributed by atoms with Gasteiger partial charge in [-0.05, 0) is 54.8 Å². The van der Waals surface area contributed by atoms with Crippen molar-refractivity contribution in [1.29, 1.82) is 0 Å². The number of thioether (sulfide) groups is 1. The molecule has 29 heavy (non-hydrogen) atoms. The van der Waals surface area contributed by atoms with Gasteiger partial charge in [0.2, 0.25) is 15.9 Å². The van der Waals surface area contributed by atoms with Crippen LogP contribution >= 0.6 is 11.8 Å². The highest BCUT2D eigenvalue weighted by molar-refractivity contribution is 7.98. The summed E-state index contributed by atoms with van der Waals surface area (Å²) in [7, 11) is -2.28. The van der Waals surface area contributed by atoms with Crippen LogP contribution in [0.2, 0.25) is 0 Å². The number of benzene rings is 2. The maximum atomic E-state index is 12.7. The first-order chi connectivity index (χ1) is 13.6. The summed E-state index contributed by atoms with van der Waals surface area (Å²) in [4.78, 5) is 13.6. The number of amides is 1. The fourth-order valence-corrected chi connectivity index (χ4v) is 4.89. The first-order valence-electron chi connectivity index (χ1n) is 9.51. The van der Waals surface area contributed by atoms with Gasteiger partial charge in [0.25, 0.3) is 0 Å². The molecule has 2 rings (SSSR count). The predicted octanol–water partition coefficient (Wildman–Crippen LogP) is 3.90. The highest BCUT2D eigenvalue weighted by Gasteiger charge is 2.26. The van der Waals surface area contributed by atoms with Crippen molar-refractivity contribution in [3.8, 4) is 0 Å². The van der Waals surface area contributed by atoms with E-state index in [2.05, 4.69) is 31.3 Å². The summed E-state index contributed by atoms with van der Waals surface area (Å²) in [5, 5.41) is 2.93. The van der Waals surface area contributed by atoms with Gasteiger partial charge in [-0.2, -0.15) is 4.31 Å². The Hall–Kier alpha value is -1.83. The highest BCUT2D eigenvalue weighted by atomic mass is 32.2. The molecule has 0 aliphatic carbocycles. The number of hydrogen-bond donors (Lipinski definition) is 1. The van der Waals surface area contributed by atoms with E-state index in [9.17, 15) is 13.2 Å². The van der Waals surface area contributed by atoms with Crippen LogP contribution in [-0.2, 0) is 20.2 Å². The van der Waals surface area contributed by atoms with Crippen LogP contribution in [0.1, 0.15) is 32.8 Å². The zero-order chi connectivity index (χ0) is 21.7. The van der Waals surface area contributed by atoms with E-state index >= 15 is 0 Å². The maximum absolute atomic E-state index is 12.7. The van der Waals surface area contributed by atoms with E-state index < -0.39 is 10.0 Å². The van der Waals surface area contributed by atoms with Gasteiger partial charge in [-0.25, -0.2) is 8.42 Å². The number of rotatable bonds is 9. The third-order valence-corrected chi connectivity index (χ3v) is 7.47. The van der Waals surface area contributed by atoms with Gasteiger partial charge in [-0.1, -0.05) is 44.2 Å². The van der Waals surface area contributed by atoms with Crippen molar-refractivity contribution in [3.63, 3.8) is 0 Å². The lowest BCUT2D eigenvalue weighted by Crippen LogP contribution is -2.43. The average Bonchev–Trinajstić information content (AvgIpc) is 2.68. The molecule has 7 heteroatoms. The number of sulfonamides is 1. The Morgan fingerprint density at radius 2 is 1.69 bits per heavy atom. The first-order valence-corrected chi connectivity index (χ1v) is 12.2. The minimum absolute atomic E-state index is 0.0883. The molecule has 0 saturated heterocycles. The van der Waals surface area contributed by atoms with Gasteiger partial charge in [0, 0.05) is 18.0 Å². The molecule has 0 aliphatic rings. The van der Waals surface area contributed by atoms with Crippen molar-refractivity contribution >= 4 is 27.7 Å². The van der Waals surface area contributed by atoms with Crippen LogP contribution in [0.3, 0.4) is 0 Å². The molecule has 1 N–H and O–H groups in total. The third-order valence-electron chi connectivity index (χ3n) is 4.91. The zero-order valence-electron chi connectivity index (χ0n) is 17.7. The molecular weight excluding hydrogens is 404 g/mol. The molecule has 0 bridgehead atoms. The van der Waals surface area contributed by atoms with Crippen LogP contribution in [0.25, 0.3) is 0 Å². The number of likely N-dealkylation sites (N-methyl/N-ethyl adjacent to an activating group) is 1. The van der Waals surface area contributed by atoms with Crippen molar-refractivity contribution in [2.75, 3.05) is 19.8 Å². The van der Waals surface area contributed by atoms with Gasteiger partial charge in [-0.15, -0.1) is 11.8 Å². The van der Waals surface area contributed by atoms with E-state index in [0.29, 0.717) is 0 Å². The molecule has 0 aliphatic heterocycles. The Balaban J connectivity index is 1.96. The van der Waals surface area contributed by atoms with Crippen LogP contribution < -0.4 is 5.32 Å². The molecule has 0 heterocycles. The molecule has 1 unspecified atom stereocenters. The second-order valence-electron chi connectivity index (χ2n) is 7.86. The van der Waals surface area contributed by atoms with Gasteiger partial charge < -0.3 is 5.32 Å². The van der Waals surface area contributed by atoms with Gasteiger partial charge >= 0.3 is 0 Å². The lowest BCUT2D eigenvalue weighted by Gasteiger charge is -2.29. The lowest BCUT2D eigenvalue weighted by molar-refractivity contribution is -0.121. The van der Waals surface area contributed by atoms with Gasteiger partial charge in [0.1, 0.15) is 0 Å². The SMILES string of the molecule is CSc1ccc(S(=O)(=O)N(C)CC(=O)NC(C)CC(C)(C)c2ccccc2)cc1. The van der Waals surface area contributed by atoms with Crippen LogP contribution in [-0.4, -0.2) is 44.5 Å². The van der Waals surface area contributed by atoms with Crippen molar-refractivity contribution < 1.29 is 13.2 Å². The molecule has 0 spiro atoms. The minimum Gasteiger partial charge on any atom is -0.352 e. The first kappa shape index (κ1) is 23.4. The summed E-state index contributed by atoms with van der Waals surface area (Å²) in [5.74, 6) is -0.312. The van der Waals surface area contributed by atoms with Crippen LogP contribution in [0, 0.1) is 0 Å². The summed E-state index contributed by atoms with van der Waals surface area (Å²) < 4.78 is 26.5. The third kappa shape index (κ3) is 6.32. The quantitative estimate of drug-likeness (QED) is 0.608.